The summed E-state index contributed by atoms with van der Waals surface area (Å²) in [4.78, 5) is 14.0. The molecule has 2 rings (SSSR count). The van der Waals surface area contributed by atoms with Crippen molar-refractivity contribution in [1.29, 1.82) is 0 Å². The lowest BCUT2D eigenvalue weighted by Gasteiger charge is -2.03. The molecule has 0 atom stereocenters. The van der Waals surface area contributed by atoms with Gasteiger partial charge in [-0.15, -0.1) is 0 Å². The lowest BCUT2D eigenvalue weighted by molar-refractivity contribution is -0.385. The van der Waals surface area contributed by atoms with Gasteiger partial charge in [0.2, 0.25) is 0 Å². The Labute approximate surface area is 103 Å². The van der Waals surface area contributed by atoms with Crippen LogP contribution in [0, 0.1) is 10.1 Å². The Kier molecular flexibility index (Phi) is 3.35. The van der Waals surface area contributed by atoms with Crippen LogP contribution < -0.4 is 0 Å². The van der Waals surface area contributed by atoms with Crippen LogP contribution in [0.15, 0.2) is 42.6 Å². The third-order valence-corrected chi connectivity index (χ3v) is 2.66. The minimum atomic E-state index is -0.509. The summed E-state index contributed by atoms with van der Waals surface area (Å²) in [6, 6.07) is 11.0. The maximum atomic E-state index is 10.5. The van der Waals surface area contributed by atoms with E-state index in [1.807, 2.05) is 30.3 Å². The monoisotopic (exact) mass is 248 g/mol. The van der Waals surface area contributed by atoms with Crippen molar-refractivity contribution >= 4 is 17.3 Å². The predicted octanol–water partition coefficient (Wildman–Crippen LogP) is 3.23. The first-order valence-corrected chi connectivity index (χ1v) is 5.37. The van der Waals surface area contributed by atoms with Crippen molar-refractivity contribution in [2.24, 2.45) is 0 Å². The molecule has 0 aliphatic rings. The van der Waals surface area contributed by atoms with Gasteiger partial charge in [0.05, 0.1) is 15.6 Å². The zero-order valence-corrected chi connectivity index (χ0v) is 9.59. The Morgan fingerprint density at radius 3 is 2.59 bits per heavy atom. The van der Waals surface area contributed by atoms with Crippen LogP contribution in [0.1, 0.15) is 11.3 Å². The first-order valence-electron chi connectivity index (χ1n) is 4.99. The van der Waals surface area contributed by atoms with Crippen LogP contribution in [0.5, 0.6) is 0 Å². The lowest BCUT2D eigenvalue weighted by atomic mass is 10.1. The van der Waals surface area contributed by atoms with Crippen molar-refractivity contribution in [2.45, 2.75) is 6.42 Å². The molecule has 0 fully saturated rings. The second-order valence-electron chi connectivity index (χ2n) is 3.54. The van der Waals surface area contributed by atoms with E-state index in [1.54, 1.807) is 0 Å². The molecule has 86 valence electrons. The maximum absolute atomic E-state index is 10.5. The number of hydrogen-bond donors (Lipinski definition) is 0. The maximum Gasteiger partial charge on any atom is 0.289 e. The summed E-state index contributed by atoms with van der Waals surface area (Å²) < 4.78 is 0. The van der Waals surface area contributed by atoms with Crippen LogP contribution in [0.2, 0.25) is 5.02 Å². The molecule has 0 saturated heterocycles. The van der Waals surface area contributed by atoms with E-state index in [2.05, 4.69) is 4.98 Å². The Balaban J connectivity index is 2.26. The second kappa shape index (κ2) is 4.93. The number of nitro groups is 1. The van der Waals surface area contributed by atoms with Crippen molar-refractivity contribution in [3.8, 4) is 0 Å². The van der Waals surface area contributed by atoms with Crippen molar-refractivity contribution in [3.63, 3.8) is 0 Å². The molecule has 0 aliphatic carbocycles. The summed E-state index contributed by atoms with van der Waals surface area (Å²) in [5.74, 6) is 0. The average Bonchev–Trinajstić information content (AvgIpc) is 2.33. The van der Waals surface area contributed by atoms with Gasteiger partial charge in [0.15, 0.2) is 0 Å². The third kappa shape index (κ3) is 2.79. The van der Waals surface area contributed by atoms with Gasteiger partial charge in [0, 0.05) is 12.5 Å². The van der Waals surface area contributed by atoms with Crippen molar-refractivity contribution in [1.82, 2.24) is 4.98 Å². The molecule has 0 radical (unpaired) electrons. The van der Waals surface area contributed by atoms with Crippen LogP contribution >= 0.6 is 11.6 Å². The van der Waals surface area contributed by atoms with E-state index >= 15 is 0 Å². The van der Waals surface area contributed by atoms with Crippen LogP contribution in [-0.4, -0.2) is 9.91 Å². The number of hydrogen-bond acceptors (Lipinski definition) is 3. The van der Waals surface area contributed by atoms with E-state index < -0.39 is 4.92 Å². The molecule has 0 aliphatic heterocycles. The molecular weight excluding hydrogens is 240 g/mol. The smallest absolute Gasteiger partial charge is 0.258 e. The summed E-state index contributed by atoms with van der Waals surface area (Å²) in [5, 5.41) is 10.9. The number of aromatic nitrogens is 1. The van der Waals surface area contributed by atoms with Crippen molar-refractivity contribution in [3.05, 3.63) is 69.0 Å². The van der Waals surface area contributed by atoms with E-state index in [-0.39, 0.29) is 5.69 Å². The highest BCUT2D eigenvalue weighted by atomic mass is 35.5. The molecule has 0 unspecified atom stereocenters. The van der Waals surface area contributed by atoms with Crippen LogP contribution in [0.4, 0.5) is 5.69 Å². The van der Waals surface area contributed by atoms with Gasteiger partial charge in [-0.3, -0.25) is 15.1 Å². The summed E-state index contributed by atoms with van der Waals surface area (Å²) in [6.07, 6.45) is 1.79. The molecule has 0 bridgehead atoms. The largest absolute Gasteiger partial charge is 0.289 e. The molecule has 0 N–H and O–H groups in total. The van der Waals surface area contributed by atoms with Gasteiger partial charge in [-0.05, 0) is 5.56 Å². The van der Waals surface area contributed by atoms with Gasteiger partial charge in [-0.25, -0.2) is 0 Å². The molecule has 1 aromatic carbocycles. The zero-order chi connectivity index (χ0) is 12.3. The van der Waals surface area contributed by atoms with Crippen molar-refractivity contribution < 1.29 is 4.92 Å². The van der Waals surface area contributed by atoms with Crippen LogP contribution in [0.25, 0.3) is 0 Å². The highest BCUT2D eigenvalue weighted by Gasteiger charge is 2.10. The van der Waals surface area contributed by atoms with Gasteiger partial charge in [-0.1, -0.05) is 41.9 Å². The van der Waals surface area contributed by atoms with E-state index in [1.165, 1.54) is 12.3 Å². The Bertz CT molecular complexity index is 543. The summed E-state index contributed by atoms with van der Waals surface area (Å²) in [5.41, 5.74) is 1.62. The van der Waals surface area contributed by atoms with E-state index in [0.29, 0.717) is 17.1 Å². The molecule has 2 aromatic rings. The first-order chi connectivity index (χ1) is 8.16. The summed E-state index contributed by atoms with van der Waals surface area (Å²) >= 11 is 5.96. The second-order valence-corrected chi connectivity index (χ2v) is 3.95. The van der Waals surface area contributed by atoms with E-state index in [9.17, 15) is 10.1 Å². The molecular formula is C12H9ClN2O2. The molecule has 17 heavy (non-hydrogen) atoms. The Morgan fingerprint density at radius 2 is 2.00 bits per heavy atom. The minimum Gasteiger partial charge on any atom is -0.258 e. The van der Waals surface area contributed by atoms with E-state index in [0.717, 1.165) is 5.56 Å². The molecule has 0 spiro atoms. The highest BCUT2D eigenvalue weighted by Crippen LogP contribution is 2.22. The number of nitrogens with zero attached hydrogens (tertiary/aromatic N) is 2. The molecule has 0 saturated carbocycles. The molecule has 5 heteroatoms. The average molecular weight is 249 g/mol. The third-order valence-electron chi connectivity index (χ3n) is 2.33. The predicted molar refractivity (Wildman–Crippen MR) is 65.1 cm³/mol. The SMILES string of the molecule is O=[N+]([O-])c1cnc(Cc2ccccc2)c(Cl)c1. The number of benzene rings is 1. The number of halogens is 1. The van der Waals surface area contributed by atoms with Gasteiger partial charge in [0.25, 0.3) is 5.69 Å². The fraction of sp³-hybridized carbons (Fsp3) is 0.0833. The Hall–Kier alpha value is -1.94. The topological polar surface area (TPSA) is 56.0 Å². The number of pyridine rings is 1. The summed E-state index contributed by atoms with van der Waals surface area (Å²) in [7, 11) is 0. The van der Waals surface area contributed by atoms with Gasteiger partial charge in [-0.2, -0.15) is 0 Å². The fourth-order valence-corrected chi connectivity index (χ4v) is 1.70. The highest BCUT2D eigenvalue weighted by molar-refractivity contribution is 6.31. The lowest BCUT2D eigenvalue weighted by Crippen LogP contribution is -1.96. The summed E-state index contributed by atoms with van der Waals surface area (Å²) in [6.45, 7) is 0. The number of rotatable bonds is 3. The van der Waals surface area contributed by atoms with Gasteiger partial charge < -0.3 is 0 Å². The zero-order valence-electron chi connectivity index (χ0n) is 8.84. The minimum absolute atomic E-state index is 0.0909. The standard InChI is InChI=1S/C12H9ClN2O2/c13-11-7-10(15(16)17)8-14-12(11)6-9-4-2-1-3-5-9/h1-5,7-8H,6H2. The molecule has 4 nitrogen and oxygen atoms in total. The molecule has 1 heterocycles. The Morgan fingerprint density at radius 1 is 1.29 bits per heavy atom. The van der Waals surface area contributed by atoms with Gasteiger partial charge >= 0.3 is 0 Å². The first kappa shape index (κ1) is 11.5. The molecule has 0 amide bonds. The van der Waals surface area contributed by atoms with Crippen LogP contribution in [-0.2, 0) is 6.42 Å². The van der Waals surface area contributed by atoms with Crippen LogP contribution in [0.3, 0.4) is 0 Å². The quantitative estimate of drug-likeness (QED) is 0.619. The fourth-order valence-electron chi connectivity index (χ4n) is 1.48. The molecule has 1 aromatic heterocycles. The normalized spacial score (nSPS) is 10.2. The van der Waals surface area contributed by atoms with Crippen molar-refractivity contribution in [2.75, 3.05) is 0 Å². The van der Waals surface area contributed by atoms with E-state index in [4.69, 9.17) is 11.6 Å². The van der Waals surface area contributed by atoms with Gasteiger partial charge in [0.1, 0.15) is 6.20 Å².